The van der Waals surface area contributed by atoms with Crippen molar-refractivity contribution in [3.63, 3.8) is 0 Å². The number of para-hydroxylation sites is 1. The van der Waals surface area contributed by atoms with E-state index in [0.717, 1.165) is 71.9 Å². The Morgan fingerprint density at radius 2 is 1.80 bits per heavy atom. The van der Waals surface area contributed by atoms with Gasteiger partial charge in [-0.3, -0.25) is 14.7 Å². The number of carbonyl (C=O) groups is 1. The molecule has 3 N–H and O–H groups in total. The van der Waals surface area contributed by atoms with E-state index >= 15 is 0 Å². The first kappa shape index (κ1) is 29.8. The van der Waals surface area contributed by atoms with Crippen LogP contribution in [0.2, 0.25) is 0 Å². The van der Waals surface area contributed by atoms with Crippen molar-refractivity contribution in [2.45, 2.75) is 32.7 Å². The number of nitrogens with one attached hydrogen (secondary N) is 2. The fourth-order valence-electron chi connectivity index (χ4n) is 6.97. The maximum absolute atomic E-state index is 14.0. The minimum Gasteiger partial charge on any atom is -0.512 e. The zero-order valence-electron chi connectivity index (χ0n) is 26.3. The lowest BCUT2D eigenvalue weighted by Crippen LogP contribution is -2.50. The van der Waals surface area contributed by atoms with Crippen molar-refractivity contribution < 1.29 is 19.4 Å². The number of allylic oxidation sites excluding steroid dienone is 2. The second kappa shape index (κ2) is 12.1. The summed E-state index contributed by atoms with van der Waals surface area (Å²) >= 11 is 0. The molecule has 0 atom stereocenters. The summed E-state index contributed by atoms with van der Waals surface area (Å²) < 4.78 is 11.3. The molecule has 0 aliphatic carbocycles. The van der Waals surface area contributed by atoms with Gasteiger partial charge in [-0.2, -0.15) is 0 Å². The minimum absolute atomic E-state index is 0.0234. The van der Waals surface area contributed by atoms with Crippen LogP contribution in [-0.4, -0.2) is 99.0 Å². The van der Waals surface area contributed by atoms with E-state index in [0.29, 0.717) is 47.4 Å². The van der Waals surface area contributed by atoms with Crippen molar-refractivity contribution in [2.24, 2.45) is 0 Å². The topological polar surface area (TPSA) is 141 Å². The summed E-state index contributed by atoms with van der Waals surface area (Å²) in [6, 6.07) is 14.0. The predicted octanol–water partition coefficient (Wildman–Crippen LogP) is 5.60. The maximum atomic E-state index is 14.0. The third-order valence-electron chi connectivity index (χ3n) is 9.19. The number of aliphatic hydroxyl groups excluding tert-OH is 1. The quantitative estimate of drug-likeness (QED) is 0.165. The summed E-state index contributed by atoms with van der Waals surface area (Å²) in [5, 5.41) is 21.2. The summed E-state index contributed by atoms with van der Waals surface area (Å²) in [7, 11) is 1.57. The summed E-state index contributed by atoms with van der Waals surface area (Å²) in [6.45, 7) is 7.85. The summed E-state index contributed by atoms with van der Waals surface area (Å²) in [5.41, 5.74) is 4.69. The van der Waals surface area contributed by atoms with E-state index in [4.69, 9.17) is 24.9 Å². The maximum Gasteiger partial charge on any atom is 0.291 e. The van der Waals surface area contributed by atoms with Crippen LogP contribution in [0.25, 0.3) is 49.7 Å². The Morgan fingerprint density at radius 3 is 2.52 bits per heavy atom. The Bertz CT molecular complexity index is 2010. The van der Waals surface area contributed by atoms with E-state index in [2.05, 4.69) is 14.9 Å². The van der Waals surface area contributed by atoms with Crippen molar-refractivity contribution in [1.29, 1.82) is 5.41 Å². The van der Waals surface area contributed by atoms with Crippen molar-refractivity contribution in [1.82, 2.24) is 29.7 Å². The number of H-pyrrole nitrogens is 1. The second-order valence-corrected chi connectivity index (χ2v) is 12.0. The third-order valence-corrected chi connectivity index (χ3v) is 9.19. The van der Waals surface area contributed by atoms with Gasteiger partial charge in [-0.25, -0.2) is 9.97 Å². The number of amides is 1. The number of fused-ring (bicyclic) bond motifs is 4. The first-order valence-electron chi connectivity index (χ1n) is 15.7. The number of morpholine rings is 1. The van der Waals surface area contributed by atoms with E-state index in [9.17, 15) is 9.90 Å². The average molecular weight is 620 g/mol. The van der Waals surface area contributed by atoms with Gasteiger partial charge in [0.25, 0.3) is 5.91 Å². The molecule has 46 heavy (non-hydrogen) atoms. The molecule has 236 valence electrons. The number of pyridine rings is 1. The SMILES string of the molecule is COc1cc2c(cc1/C(C(C)=N)=C(\C)O)[nH]c1nc(C(=O)N3CCC(N4CCOCC4)CC3)nc(-c3ccnc4ccccc34)c12. The Balaban J connectivity index is 1.37. The van der Waals surface area contributed by atoms with Gasteiger partial charge in [-0.1, -0.05) is 18.2 Å². The minimum atomic E-state index is -0.195. The molecule has 11 heteroatoms. The number of benzene rings is 2. The predicted molar refractivity (Wildman–Crippen MR) is 179 cm³/mol. The molecule has 2 aromatic carbocycles. The van der Waals surface area contributed by atoms with Gasteiger partial charge >= 0.3 is 0 Å². The number of ether oxygens (including phenoxy) is 2. The largest absolute Gasteiger partial charge is 0.512 e. The molecule has 2 aliphatic heterocycles. The molecule has 2 saturated heterocycles. The Labute approximate surface area is 266 Å². The number of methoxy groups -OCH3 is 1. The molecule has 7 rings (SSSR count). The van der Waals surface area contributed by atoms with Crippen LogP contribution in [0.1, 0.15) is 42.9 Å². The van der Waals surface area contributed by atoms with Crippen LogP contribution < -0.4 is 4.74 Å². The summed E-state index contributed by atoms with van der Waals surface area (Å²) in [6.07, 6.45) is 3.56. The number of hydrogen-bond donors (Lipinski definition) is 3. The highest BCUT2D eigenvalue weighted by Crippen LogP contribution is 2.40. The molecule has 0 unspecified atom stereocenters. The van der Waals surface area contributed by atoms with Gasteiger partial charge in [0, 0.05) is 77.1 Å². The smallest absolute Gasteiger partial charge is 0.291 e. The number of aliphatic hydroxyl groups is 1. The number of hydrogen-bond acceptors (Lipinski definition) is 9. The van der Waals surface area contributed by atoms with Crippen molar-refractivity contribution >= 4 is 50.0 Å². The molecule has 2 aliphatic rings. The van der Waals surface area contributed by atoms with Crippen LogP contribution in [0.5, 0.6) is 5.75 Å². The Kier molecular flexibility index (Phi) is 7.87. The number of nitrogens with zero attached hydrogens (tertiary/aromatic N) is 5. The molecule has 11 nitrogen and oxygen atoms in total. The van der Waals surface area contributed by atoms with E-state index in [-0.39, 0.29) is 23.2 Å². The molecule has 1 amide bonds. The van der Waals surface area contributed by atoms with Gasteiger partial charge in [0.15, 0.2) is 0 Å². The molecule has 0 bridgehead atoms. The lowest BCUT2D eigenvalue weighted by molar-refractivity contribution is 0.00146. The first-order valence-corrected chi connectivity index (χ1v) is 15.7. The van der Waals surface area contributed by atoms with Gasteiger partial charge in [-0.15, -0.1) is 0 Å². The van der Waals surface area contributed by atoms with E-state index in [1.54, 1.807) is 27.2 Å². The highest BCUT2D eigenvalue weighted by Gasteiger charge is 2.30. The monoisotopic (exact) mass is 619 g/mol. The fraction of sp³-hybridized carbons (Fsp3) is 0.343. The third kappa shape index (κ3) is 5.25. The molecule has 0 saturated carbocycles. The van der Waals surface area contributed by atoms with Crippen molar-refractivity contribution in [3.05, 3.63) is 65.8 Å². The van der Waals surface area contributed by atoms with Gasteiger partial charge in [-0.05, 0) is 51.0 Å². The number of aromatic amines is 1. The van der Waals surface area contributed by atoms with Gasteiger partial charge in [0.05, 0.1) is 42.7 Å². The Morgan fingerprint density at radius 1 is 1.04 bits per heavy atom. The van der Waals surface area contributed by atoms with Crippen LogP contribution in [0, 0.1) is 5.41 Å². The molecule has 5 heterocycles. The lowest BCUT2D eigenvalue weighted by atomic mass is 9.97. The van der Waals surface area contributed by atoms with Crippen LogP contribution in [0.4, 0.5) is 0 Å². The lowest BCUT2D eigenvalue weighted by Gasteiger charge is -2.39. The highest BCUT2D eigenvalue weighted by molar-refractivity contribution is 6.24. The zero-order chi connectivity index (χ0) is 31.9. The standard InChI is InChI=1S/C35H37N7O4/c1-20(36)30(21(2)43)26-18-28-25(19-29(26)45-3)31-32(24-8-11-37-27-7-5-4-6-23(24)27)39-34(40-33(31)38-28)35(44)42-12-9-22(10-13-42)41-14-16-46-17-15-41/h4-8,11,18-19,22,36,43H,9-10,12-17H2,1-3H3,(H,38,39,40)/b30-21+,36-20?. The second-order valence-electron chi connectivity index (χ2n) is 12.0. The summed E-state index contributed by atoms with van der Waals surface area (Å²) in [4.78, 5) is 36.2. The van der Waals surface area contributed by atoms with Crippen LogP contribution in [0.3, 0.4) is 0 Å². The van der Waals surface area contributed by atoms with Gasteiger partial charge in [0.1, 0.15) is 11.4 Å². The number of carbonyl (C=O) groups excluding carboxylic acids is 1. The van der Waals surface area contributed by atoms with E-state index in [1.807, 2.05) is 47.4 Å². The van der Waals surface area contributed by atoms with Crippen LogP contribution in [-0.2, 0) is 4.74 Å². The first-order chi connectivity index (χ1) is 22.3. The summed E-state index contributed by atoms with van der Waals surface area (Å²) in [5.74, 6) is 0.459. The van der Waals surface area contributed by atoms with E-state index in [1.165, 1.54) is 0 Å². The molecular formula is C35H37N7O4. The van der Waals surface area contributed by atoms with Crippen LogP contribution in [0.15, 0.2) is 54.4 Å². The molecule has 0 radical (unpaired) electrons. The number of rotatable bonds is 6. The van der Waals surface area contributed by atoms with Gasteiger partial charge < -0.3 is 29.9 Å². The molecule has 5 aromatic rings. The molecule has 3 aromatic heterocycles. The highest BCUT2D eigenvalue weighted by atomic mass is 16.5. The van der Waals surface area contributed by atoms with E-state index < -0.39 is 0 Å². The zero-order valence-corrected chi connectivity index (χ0v) is 26.3. The number of likely N-dealkylation sites (tertiary alicyclic amines) is 1. The average Bonchev–Trinajstić information content (AvgIpc) is 3.44. The molecule has 2 fully saturated rings. The Hall–Kier alpha value is -4.87. The molecular weight excluding hydrogens is 582 g/mol. The molecule has 0 spiro atoms. The number of piperidine rings is 1. The van der Waals surface area contributed by atoms with Crippen molar-refractivity contribution in [3.8, 4) is 17.0 Å². The van der Waals surface area contributed by atoms with Crippen LogP contribution >= 0.6 is 0 Å². The number of aromatic nitrogens is 4. The fourth-order valence-corrected chi connectivity index (χ4v) is 6.97. The van der Waals surface area contributed by atoms with Gasteiger partial charge in [0.2, 0.25) is 5.82 Å². The normalized spacial score (nSPS) is 17.1. The van der Waals surface area contributed by atoms with Crippen molar-refractivity contribution in [2.75, 3.05) is 46.5 Å².